The molecule has 0 radical (unpaired) electrons. The third-order valence-electron chi connectivity index (χ3n) is 2.74. The fraction of sp³-hybridized carbons (Fsp3) is 0.0714. The number of rotatable bonds is 4. The second kappa shape index (κ2) is 5.80. The van der Waals surface area contributed by atoms with E-state index >= 15 is 0 Å². The number of nitrogens with one attached hydrogen (secondary N) is 1. The number of para-hydroxylation sites is 1. The molecule has 1 N–H and O–H groups in total. The smallest absolute Gasteiger partial charge is 0.309 e. The molecule has 0 aliphatic carbocycles. The maximum Gasteiger partial charge on any atom is 0.309 e. The average Bonchev–Trinajstić information content (AvgIpc) is 2.46. The highest BCUT2D eigenvalue weighted by atomic mass is 19.1. The lowest BCUT2D eigenvalue weighted by Gasteiger charge is -2.08. The molecular formula is C14H10FN3O2. The Balaban J connectivity index is 2.23. The Morgan fingerprint density at radius 3 is 2.55 bits per heavy atom. The van der Waals surface area contributed by atoms with Crippen LogP contribution in [0.3, 0.4) is 0 Å². The van der Waals surface area contributed by atoms with Crippen LogP contribution in [0, 0.1) is 27.3 Å². The van der Waals surface area contributed by atoms with Gasteiger partial charge in [0.15, 0.2) is 0 Å². The Morgan fingerprint density at radius 1 is 1.25 bits per heavy atom. The highest BCUT2D eigenvalue weighted by molar-refractivity contribution is 5.68. The maximum atomic E-state index is 12.8. The number of nitriles is 1. The van der Waals surface area contributed by atoms with Crippen LogP contribution in [0.15, 0.2) is 42.5 Å². The van der Waals surface area contributed by atoms with E-state index in [-0.39, 0.29) is 22.8 Å². The second-order valence-corrected chi connectivity index (χ2v) is 4.05. The van der Waals surface area contributed by atoms with E-state index in [1.807, 2.05) is 0 Å². The Bertz CT molecular complexity index is 678. The Hall–Kier alpha value is -2.94. The quantitative estimate of drug-likeness (QED) is 0.684. The summed E-state index contributed by atoms with van der Waals surface area (Å²) in [5.74, 6) is -0.341. The first-order chi connectivity index (χ1) is 9.61. The van der Waals surface area contributed by atoms with Crippen molar-refractivity contribution in [2.24, 2.45) is 0 Å². The molecule has 2 rings (SSSR count). The molecule has 0 aromatic heterocycles. The zero-order valence-corrected chi connectivity index (χ0v) is 10.3. The molecule has 0 aliphatic rings. The van der Waals surface area contributed by atoms with E-state index in [1.165, 1.54) is 24.3 Å². The molecule has 5 nitrogen and oxygen atoms in total. The van der Waals surface area contributed by atoms with Gasteiger partial charge in [0.2, 0.25) is 0 Å². The van der Waals surface area contributed by atoms with Crippen molar-refractivity contribution in [2.75, 3.05) is 5.32 Å². The van der Waals surface area contributed by atoms with Crippen LogP contribution in [0.4, 0.5) is 15.8 Å². The lowest BCUT2D eigenvalue weighted by atomic mass is 10.1. The minimum Gasteiger partial charge on any atom is -0.375 e. The van der Waals surface area contributed by atoms with Crippen LogP contribution < -0.4 is 5.32 Å². The molecule has 2 aromatic carbocycles. The fourth-order valence-electron chi connectivity index (χ4n) is 1.77. The van der Waals surface area contributed by atoms with Crippen LogP contribution in [-0.2, 0) is 6.54 Å². The van der Waals surface area contributed by atoms with Crippen LogP contribution in [0.25, 0.3) is 0 Å². The lowest BCUT2D eigenvalue weighted by molar-refractivity contribution is -0.384. The standard InChI is InChI=1S/C14H10FN3O2/c15-12-6-4-10(5-7-12)9-17-13-3-1-2-11(8-16)14(13)18(19)20/h1-7,17H,9H2. The summed E-state index contributed by atoms with van der Waals surface area (Å²) in [5.41, 5.74) is 0.789. The number of halogens is 1. The Labute approximate surface area is 114 Å². The minimum absolute atomic E-state index is 0.000828. The van der Waals surface area contributed by atoms with Crippen molar-refractivity contribution in [3.05, 3.63) is 69.5 Å². The van der Waals surface area contributed by atoms with Gasteiger partial charge in [0.1, 0.15) is 23.1 Å². The van der Waals surface area contributed by atoms with Gasteiger partial charge < -0.3 is 5.32 Å². The molecule has 0 spiro atoms. The van der Waals surface area contributed by atoms with Gasteiger partial charge in [-0.3, -0.25) is 10.1 Å². The van der Waals surface area contributed by atoms with Crippen molar-refractivity contribution < 1.29 is 9.31 Å². The molecule has 0 aliphatic heterocycles. The summed E-state index contributed by atoms with van der Waals surface area (Å²) in [7, 11) is 0. The molecule has 0 bridgehead atoms. The van der Waals surface area contributed by atoms with Crippen molar-refractivity contribution in [1.82, 2.24) is 0 Å². The van der Waals surface area contributed by atoms with Gasteiger partial charge in [-0.2, -0.15) is 5.26 Å². The van der Waals surface area contributed by atoms with Gasteiger partial charge in [0, 0.05) is 6.54 Å². The predicted molar refractivity (Wildman–Crippen MR) is 71.5 cm³/mol. The molecule has 0 fully saturated rings. The number of nitrogens with zero attached hydrogens (tertiary/aromatic N) is 2. The van der Waals surface area contributed by atoms with Crippen molar-refractivity contribution >= 4 is 11.4 Å². The van der Waals surface area contributed by atoms with E-state index in [1.54, 1.807) is 24.3 Å². The molecule has 100 valence electrons. The first kappa shape index (κ1) is 13.5. The maximum absolute atomic E-state index is 12.8. The summed E-state index contributed by atoms with van der Waals surface area (Å²) < 4.78 is 12.8. The summed E-state index contributed by atoms with van der Waals surface area (Å²) in [4.78, 5) is 10.4. The minimum atomic E-state index is -0.592. The molecule has 0 unspecified atom stereocenters. The number of anilines is 1. The van der Waals surface area contributed by atoms with E-state index in [0.717, 1.165) is 5.56 Å². The van der Waals surface area contributed by atoms with Gasteiger partial charge in [0.05, 0.1) is 4.92 Å². The summed E-state index contributed by atoms with van der Waals surface area (Å²) in [6, 6.07) is 12.1. The number of nitro benzene ring substituents is 1. The molecule has 0 amide bonds. The summed E-state index contributed by atoms with van der Waals surface area (Å²) in [6.45, 7) is 0.302. The number of hydrogen-bond donors (Lipinski definition) is 1. The summed E-state index contributed by atoms with van der Waals surface area (Å²) >= 11 is 0. The van der Waals surface area contributed by atoms with Crippen LogP contribution in [0.5, 0.6) is 0 Å². The van der Waals surface area contributed by atoms with Gasteiger partial charge in [-0.1, -0.05) is 18.2 Å². The lowest BCUT2D eigenvalue weighted by Crippen LogP contribution is -2.04. The van der Waals surface area contributed by atoms with Gasteiger partial charge in [-0.15, -0.1) is 0 Å². The van der Waals surface area contributed by atoms with Crippen LogP contribution >= 0.6 is 0 Å². The molecule has 20 heavy (non-hydrogen) atoms. The molecule has 0 atom stereocenters. The van der Waals surface area contributed by atoms with Crippen molar-refractivity contribution in [3.63, 3.8) is 0 Å². The SMILES string of the molecule is N#Cc1cccc(NCc2ccc(F)cc2)c1[N+](=O)[O-]. The molecular weight excluding hydrogens is 261 g/mol. The van der Waals surface area contributed by atoms with Crippen LogP contribution in [0.1, 0.15) is 11.1 Å². The van der Waals surface area contributed by atoms with Gasteiger partial charge in [0.25, 0.3) is 0 Å². The molecule has 0 heterocycles. The predicted octanol–water partition coefficient (Wildman–Crippen LogP) is 3.22. The van der Waals surface area contributed by atoms with E-state index in [9.17, 15) is 14.5 Å². The molecule has 2 aromatic rings. The third kappa shape index (κ3) is 2.90. The average molecular weight is 271 g/mol. The van der Waals surface area contributed by atoms with E-state index in [4.69, 9.17) is 5.26 Å². The number of benzene rings is 2. The van der Waals surface area contributed by atoms with Crippen molar-refractivity contribution in [2.45, 2.75) is 6.54 Å². The van der Waals surface area contributed by atoms with Gasteiger partial charge >= 0.3 is 5.69 Å². The fourth-order valence-corrected chi connectivity index (χ4v) is 1.77. The van der Waals surface area contributed by atoms with Gasteiger partial charge in [-0.05, 0) is 29.8 Å². The van der Waals surface area contributed by atoms with E-state index in [0.29, 0.717) is 6.54 Å². The van der Waals surface area contributed by atoms with Crippen molar-refractivity contribution in [3.8, 4) is 6.07 Å². The van der Waals surface area contributed by atoms with E-state index in [2.05, 4.69) is 5.32 Å². The number of hydrogen-bond acceptors (Lipinski definition) is 4. The zero-order chi connectivity index (χ0) is 14.5. The Kier molecular flexibility index (Phi) is 3.91. The first-order valence-corrected chi connectivity index (χ1v) is 5.77. The Morgan fingerprint density at radius 2 is 1.95 bits per heavy atom. The van der Waals surface area contributed by atoms with Gasteiger partial charge in [-0.25, -0.2) is 4.39 Å². The largest absolute Gasteiger partial charge is 0.375 e. The second-order valence-electron chi connectivity index (χ2n) is 4.05. The van der Waals surface area contributed by atoms with E-state index < -0.39 is 4.92 Å². The van der Waals surface area contributed by atoms with Crippen molar-refractivity contribution in [1.29, 1.82) is 5.26 Å². The highest BCUT2D eigenvalue weighted by Crippen LogP contribution is 2.28. The summed E-state index contributed by atoms with van der Waals surface area (Å²) in [5, 5.41) is 22.8. The normalized spacial score (nSPS) is 9.80. The van der Waals surface area contributed by atoms with Crippen LogP contribution in [-0.4, -0.2) is 4.92 Å². The zero-order valence-electron chi connectivity index (χ0n) is 10.3. The molecule has 6 heteroatoms. The summed E-state index contributed by atoms with van der Waals surface area (Å²) in [6.07, 6.45) is 0. The number of nitro groups is 1. The van der Waals surface area contributed by atoms with Crippen LogP contribution in [0.2, 0.25) is 0 Å². The topological polar surface area (TPSA) is 79.0 Å². The first-order valence-electron chi connectivity index (χ1n) is 5.77. The molecule has 0 saturated heterocycles. The third-order valence-corrected chi connectivity index (χ3v) is 2.74. The molecule has 0 saturated carbocycles. The monoisotopic (exact) mass is 271 g/mol. The highest BCUT2D eigenvalue weighted by Gasteiger charge is 2.19.